The van der Waals surface area contributed by atoms with Gasteiger partial charge in [0.05, 0.1) is 29.4 Å². The number of rotatable bonds is 19. The van der Waals surface area contributed by atoms with Crippen molar-refractivity contribution in [1.29, 1.82) is 0 Å². The highest BCUT2D eigenvalue weighted by Crippen LogP contribution is 2.40. The Morgan fingerprint density at radius 3 is 1.76 bits per heavy atom. The Balaban J connectivity index is 1.47. The van der Waals surface area contributed by atoms with Crippen LogP contribution in [-0.4, -0.2) is 87.9 Å². The van der Waals surface area contributed by atoms with E-state index in [4.69, 9.17) is 19.4 Å². The second-order valence-electron chi connectivity index (χ2n) is 17.1. The Labute approximate surface area is 364 Å². The fourth-order valence-corrected chi connectivity index (χ4v) is 9.04. The van der Waals surface area contributed by atoms with E-state index in [9.17, 15) is 30.6 Å². The Morgan fingerprint density at radius 2 is 1.13 bits per heavy atom. The van der Waals surface area contributed by atoms with Crippen LogP contribution in [0.5, 0.6) is 5.75 Å². The first kappa shape index (κ1) is 45.6. The molecular formula is C50H66N4O8. The number of fused-ring (bicyclic) bond motifs is 8. The first-order valence-electron chi connectivity index (χ1n) is 23.1. The van der Waals surface area contributed by atoms with Gasteiger partial charge in [0.25, 0.3) is 0 Å². The van der Waals surface area contributed by atoms with E-state index < -0.39 is 49.5 Å². The Morgan fingerprint density at radius 1 is 0.581 bits per heavy atom. The van der Waals surface area contributed by atoms with Gasteiger partial charge in [0, 0.05) is 33.2 Å². The van der Waals surface area contributed by atoms with Crippen LogP contribution in [-0.2, 0) is 24.0 Å². The van der Waals surface area contributed by atoms with Crippen LogP contribution < -0.4 is 4.74 Å². The molecule has 0 aliphatic carbocycles. The zero-order chi connectivity index (χ0) is 43.8. The maximum atomic E-state index is 11.9. The van der Waals surface area contributed by atoms with E-state index in [2.05, 4.69) is 55.0 Å². The third kappa shape index (κ3) is 10.0. The Kier molecular flexibility index (Phi) is 15.7. The monoisotopic (exact) mass is 850 g/mol. The van der Waals surface area contributed by atoms with Crippen LogP contribution in [0, 0.1) is 0 Å². The van der Waals surface area contributed by atoms with Crippen molar-refractivity contribution in [2.45, 2.75) is 160 Å². The maximum Gasteiger partial charge on any atom is 0.229 e. The summed E-state index contributed by atoms with van der Waals surface area (Å²) in [6.45, 7) is 6.02. The molecule has 3 aromatic heterocycles. The topological polar surface area (TPSA) is 197 Å². The molecule has 0 radical (unpaired) electrons. The fourth-order valence-electron chi connectivity index (χ4n) is 9.04. The highest BCUT2D eigenvalue weighted by atomic mass is 16.7. The van der Waals surface area contributed by atoms with Crippen LogP contribution in [0.25, 0.3) is 45.3 Å². The molecule has 7 atom stereocenters. The summed E-state index contributed by atoms with van der Waals surface area (Å²) in [5.74, 6) is 0.331. The summed E-state index contributed by atoms with van der Waals surface area (Å²) < 4.78 is 11.8. The molecule has 3 aliphatic heterocycles. The number of hydrogen-bond donors (Lipinski definition) is 8. The van der Waals surface area contributed by atoms with Crippen molar-refractivity contribution in [3.05, 3.63) is 88.0 Å². The third-order valence-electron chi connectivity index (χ3n) is 12.6. The average molecular weight is 851 g/mol. The smallest absolute Gasteiger partial charge is 0.229 e. The number of unbranched alkanes of at least 4 members (excludes halogenated alkanes) is 9. The lowest BCUT2D eigenvalue weighted by molar-refractivity contribution is -0.277. The van der Waals surface area contributed by atoms with Crippen LogP contribution in [0.1, 0.15) is 149 Å². The number of ether oxygens (including phenoxy) is 2. The lowest BCUT2D eigenvalue weighted by atomic mass is 9.98. The van der Waals surface area contributed by atoms with E-state index in [0.29, 0.717) is 34.9 Å². The number of aliphatic hydroxyl groups excluding tert-OH is 6. The molecule has 1 aromatic carbocycles. The van der Waals surface area contributed by atoms with Crippen molar-refractivity contribution in [3.8, 4) is 16.9 Å². The van der Waals surface area contributed by atoms with Crippen LogP contribution in [0.3, 0.4) is 0 Å². The number of benzene rings is 1. The molecule has 334 valence electrons. The average Bonchev–Trinajstić information content (AvgIpc) is 4.11. The van der Waals surface area contributed by atoms with Crippen molar-refractivity contribution < 1.29 is 40.1 Å². The number of aromatic nitrogens is 4. The van der Waals surface area contributed by atoms with Gasteiger partial charge in [-0.25, -0.2) is 4.98 Å². The van der Waals surface area contributed by atoms with Crippen molar-refractivity contribution in [2.75, 3.05) is 6.61 Å². The summed E-state index contributed by atoms with van der Waals surface area (Å²) in [4.78, 5) is 18.0. The first-order valence-corrected chi connectivity index (χ1v) is 23.1. The van der Waals surface area contributed by atoms with Crippen LogP contribution in [0.4, 0.5) is 0 Å². The van der Waals surface area contributed by atoms with Gasteiger partial charge in [-0.2, -0.15) is 0 Å². The number of hydrogen-bond acceptors (Lipinski definition) is 10. The third-order valence-corrected chi connectivity index (χ3v) is 12.6. The number of aliphatic hydroxyl groups is 6. The normalized spacial score (nSPS) is 22.4. The minimum Gasteiger partial charge on any atom is -0.462 e. The van der Waals surface area contributed by atoms with E-state index in [-0.39, 0.29) is 0 Å². The number of nitrogens with zero attached hydrogens (tertiary/aromatic N) is 2. The summed E-state index contributed by atoms with van der Waals surface area (Å²) in [5.41, 5.74) is 10.4. The molecule has 0 saturated carbocycles. The predicted octanol–water partition coefficient (Wildman–Crippen LogP) is 8.47. The molecule has 8 N–H and O–H groups in total. The standard InChI is InChI=1S/C50H66N4O8/c1-4-7-10-13-19-32-35-22-23-37(51-35)33(20-14-11-8-5-2)43-46(57)47(58)44(54-43)34(21-15-12-9-6-3)38-25-27-40(53-38)42(39-26-24-36(32)52-39)30-17-16-18-31(28-30)61-50-49(60)48(59)45(56)41(29-55)62-50/h16-18,22-28,41,45-52,55-60H,4-15,19-21,29H2,1-3H3/t41?,45-,46?,47?,48?,49?,50-/m1/s1. The molecule has 6 heterocycles. The minimum atomic E-state index is -1.58. The quantitative estimate of drug-likeness (QED) is 0.0373. The molecule has 12 heteroatoms. The van der Waals surface area contributed by atoms with Gasteiger partial charge in [-0.3, -0.25) is 4.98 Å². The van der Waals surface area contributed by atoms with Gasteiger partial charge in [-0.05, 0) is 104 Å². The van der Waals surface area contributed by atoms with E-state index >= 15 is 0 Å². The molecule has 62 heavy (non-hydrogen) atoms. The van der Waals surface area contributed by atoms with E-state index in [0.717, 1.165) is 140 Å². The lowest BCUT2D eigenvalue weighted by Crippen LogP contribution is -2.60. The Hall–Kier alpha value is -4.40. The molecule has 0 amide bonds. The van der Waals surface area contributed by atoms with Crippen LogP contribution in [0.15, 0.2) is 48.5 Å². The zero-order valence-electron chi connectivity index (χ0n) is 36.5. The van der Waals surface area contributed by atoms with Crippen LogP contribution in [0.2, 0.25) is 0 Å². The number of aryl methyl sites for hydroxylation is 2. The second kappa shape index (κ2) is 21.3. The molecule has 12 nitrogen and oxygen atoms in total. The largest absolute Gasteiger partial charge is 0.462 e. The van der Waals surface area contributed by atoms with Gasteiger partial charge < -0.3 is 50.1 Å². The van der Waals surface area contributed by atoms with Crippen LogP contribution >= 0.6 is 0 Å². The predicted molar refractivity (Wildman–Crippen MR) is 243 cm³/mol. The second-order valence-corrected chi connectivity index (χ2v) is 17.1. The number of aromatic amines is 2. The summed E-state index contributed by atoms with van der Waals surface area (Å²) in [5, 5.41) is 65.2. The molecule has 1 saturated heterocycles. The lowest BCUT2D eigenvalue weighted by Gasteiger charge is -2.39. The molecule has 4 aromatic rings. The SMILES string of the molecule is CCCCCCc1c2nc(c(-c3cccc(O[C@@H]4OC(CO)[C@@H](O)C(O)C4O)c3)c3ccc([nH]3)c(CCCCCC)c3ccc([nH]3)c(CCCCCC)c3nc1C(O)C3O)C=C2. The van der Waals surface area contributed by atoms with Crippen molar-refractivity contribution >= 4 is 34.2 Å². The van der Waals surface area contributed by atoms with Gasteiger partial charge in [0.2, 0.25) is 6.29 Å². The highest BCUT2D eigenvalue weighted by molar-refractivity contribution is 5.92. The van der Waals surface area contributed by atoms with Gasteiger partial charge in [0.1, 0.15) is 42.4 Å². The summed E-state index contributed by atoms with van der Waals surface area (Å²) in [7, 11) is 0. The Bertz CT molecular complexity index is 2320. The maximum absolute atomic E-state index is 11.9. The van der Waals surface area contributed by atoms with E-state index in [1.165, 1.54) is 0 Å². The molecule has 8 bridgehead atoms. The van der Waals surface area contributed by atoms with Crippen molar-refractivity contribution in [3.63, 3.8) is 0 Å². The highest BCUT2D eigenvalue weighted by Gasteiger charge is 2.44. The number of nitrogens with one attached hydrogen (secondary N) is 2. The van der Waals surface area contributed by atoms with Gasteiger partial charge >= 0.3 is 0 Å². The van der Waals surface area contributed by atoms with Gasteiger partial charge in [-0.15, -0.1) is 0 Å². The first-order chi connectivity index (χ1) is 30.2. The molecule has 7 rings (SSSR count). The van der Waals surface area contributed by atoms with Gasteiger partial charge in [0.15, 0.2) is 0 Å². The summed E-state index contributed by atoms with van der Waals surface area (Å²) in [6, 6.07) is 15.7. The van der Waals surface area contributed by atoms with Gasteiger partial charge in [-0.1, -0.05) is 90.7 Å². The molecule has 5 unspecified atom stereocenters. The molecular weight excluding hydrogens is 785 g/mol. The molecule has 1 fully saturated rings. The zero-order valence-corrected chi connectivity index (χ0v) is 36.5. The van der Waals surface area contributed by atoms with E-state index in [1.54, 1.807) is 6.07 Å². The van der Waals surface area contributed by atoms with Crippen molar-refractivity contribution in [2.24, 2.45) is 0 Å². The summed E-state index contributed by atoms with van der Waals surface area (Å²) in [6.07, 6.45) is 9.28. The number of H-pyrrole nitrogens is 2. The van der Waals surface area contributed by atoms with E-state index in [1.807, 2.05) is 30.4 Å². The summed E-state index contributed by atoms with van der Waals surface area (Å²) >= 11 is 0. The molecule has 3 aliphatic rings. The molecule has 0 spiro atoms. The fraction of sp³-hybridized carbons (Fsp3) is 0.520. The minimum absolute atomic E-state index is 0.331. The van der Waals surface area contributed by atoms with Crippen molar-refractivity contribution in [1.82, 2.24) is 19.9 Å².